The minimum Gasteiger partial charge on any atom is -0.383 e. The molecule has 18 heavy (non-hydrogen) atoms. The van der Waals surface area contributed by atoms with Gasteiger partial charge in [-0.2, -0.15) is 5.26 Å². The van der Waals surface area contributed by atoms with Gasteiger partial charge in [-0.3, -0.25) is 4.98 Å². The summed E-state index contributed by atoms with van der Waals surface area (Å²) in [6.07, 6.45) is 2.34. The molecule has 0 atom stereocenters. The number of nitrogens with one attached hydrogen (secondary N) is 1. The molecule has 1 aromatic carbocycles. The molecule has 0 saturated carbocycles. The van der Waals surface area contributed by atoms with Crippen molar-refractivity contribution in [1.29, 1.82) is 5.26 Å². The molecule has 0 unspecified atom stereocenters. The quantitative estimate of drug-likeness (QED) is 0.918. The lowest BCUT2D eigenvalue weighted by molar-refractivity contribution is 0.629. The number of hydrogen-bond donors (Lipinski definition) is 1. The van der Waals surface area contributed by atoms with Crippen LogP contribution in [-0.2, 0) is 0 Å². The lowest BCUT2D eigenvalue weighted by Gasteiger charge is -2.11. The van der Waals surface area contributed by atoms with Gasteiger partial charge in [0.1, 0.15) is 11.9 Å². The van der Waals surface area contributed by atoms with E-state index in [0.717, 1.165) is 6.42 Å². The highest BCUT2D eigenvalue weighted by Crippen LogP contribution is 2.32. The standard InChI is InChI=1S/C13H11ClFN3/c1-2-3-17-13-8(6-16)7-18-11-5-9(15)4-10(14)12(11)13/h4-5,7H,2-3H2,1H3,(H,17,18). The molecular weight excluding hydrogens is 253 g/mol. The SMILES string of the molecule is CCCNc1c(C#N)cnc2cc(F)cc(Cl)c12. The molecule has 0 radical (unpaired) electrons. The van der Waals surface area contributed by atoms with Crippen LogP contribution in [0.2, 0.25) is 5.02 Å². The number of benzene rings is 1. The van der Waals surface area contributed by atoms with Crippen LogP contribution in [0.3, 0.4) is 0 Å². The fourth-order valence-corrected chi connectivity index (χ4v) is 2.06. The molecule has 0 bridgehead atoms. The van der Waals surface area contributed by atoms with Crippen molar-refractivity contribution in [1.82, 2.24) is 4.98 Å². The van der Waals surface area contributed by atoms with E-state index in [-0.39, 0.29) is 5.02 Å². The maximum Gasteiger partial charge on any atom is 0.126 e. The lowest BCUT2D eigenvalue weighted by atomic mass is 10.1. The second-order valence-corrected chi connectivity index (χ2v) is 4.27. The van der Waals surface area contributed by atoms with E-state index in [2.05, 4.69) is 16.4 Å². The molecule has 2 aromatic rings. The van der Waals surface area contributed by atoms with Gasteiger partial charge in [0, 0.05) is 24.2 Å². The average Bonchev–Trinajstić information content (AvgIpc) is 2.35. The Balaban J connectivity index is 2.73. The van der Waals surface area contributed by atoms with Crippen LogP contribution in [0.5, 0.6) is 0 Å². The number of nitrogens with zero attached hydrogens (tertiary/aromatic N) is 2. The third-order valence-electron chi connectivity index (χ3n) is 2.56. The number of rotatable bonds is 3. The highest BCUT2D eigenvalue weighted by atomic mass is 35.5. The van der Waals surface area contributed by atoms with E-state index in [0.29, 0.717) is 28.7 Å². The van der Waals surface area contributed by atoms with Crippen molar-refractivity contribution >= 4 is 28.2 Å². The third-order valence-corrected chi connectivity index (χ3v) is 2.86. The maximum atomic E-state index is 13.3. The topological polar surface area (TPSA) is 48.7 Å². The minimum atomic E-state index is -0.439. The Morgan fingerprint density at radius 3 is 2.94 bits per heavy atom. The molecule has 3 nitrogen and oxygen atoms in total. The van der Waals surface area contributed by atoms with Crippen molar-refractivity contribution in [2.24, 2.45) is 0 Å². The van der Waals surface area contributed by atoms with Gasteiger partial charge in [0.15, 0.2) is 0 Å². The van der Waals surface area contributed by atoms with Gasteiger partial charge in [0.2, 0.25) is 0 Å². The van der Waals surface area contributed by atoms with Crippen LogP contribution in [0.4, 0.5) is 10.1 Å². The van der Waals surface area contributed by atoms with Gasteiger partial charge in [0.05, 0.1) is 21.8 Å². The van der Waals surface area contributed by atoms with Gasteiger partial charge >= 0.3 is 0 Å². The summed E-state index contributed by atoms with van der Waals surface area (Å²) in [6.45, 7) is 2.73. The average molecular weight is 264 g/mol. The summed E-state index contributed by atoms with van der Waals surface area (Å²) in [5.74, 6) is -0.439. The number of nitriles is 1. The number of hydrogen-bond acceptors (Lipinski definition) is 3. The minimum absolute atomic E-state index is 0.258. The van der Waals surface area contributed by atoms with E-state index in [4.69, 9.17) is 16.9 Å². The maximum absolute atomic E-state index is 13.3. The van der Waals surface area contributed by atoms with Crippen LogP contribution in [0.1, 0.15) is 18.9 Å². The summed E-state index contributed by atoms with van der Waals surface area (Å²) >= 11 is 6.05. The van der Waals surface area contributed by atoms with Gasteiger partial charge in [0.25, 0.3) is 0 Å². The molecule has 0 aliphatic heterocycles. The van der Waals surface area contributed by atoms with Crippen LogP contribution in [0.25, 0.3) is 10.9 Å². The number of anilines is 1. The predicted molar refractivity (Wildman–Crippen MR) is 70.2 cm³/mol. The van der Waals surface area contributed by atoms with E-state index < -0.39 is 5.82 Å². The Kier molecular flexibility index (Phi) is 3.63. The third kappa shape index (κ3) is 2.22. The largest absolute Gasteiger partial charge is 0.383 e. The molecule has 0 fully saturated rings. The fraction of sp³-hybridized carbons (Fsp3) is 0.231. The molecule has 2 rings (SSSR count). The Morgan fingerprint density at radius 1 is 1.50 bits per heavy atom. The van der Waals surface area contributed by atoms with E-state index in [1.54, 1.807) is 0 Å². The van der Waals surface area contributed by atoms with Crippen LogP contribution < -0.4 is 5.32 Å². The Bertz CT molecular complexity index is 634. The van der Waals surface area contributed by atoms with Crippen LogP contribution in [0, 0.1) is 17.1 Å². The van der Waals surface area contributed by atoms with Gasteiger partial charge in [-0.15, -0.1) is 0 Å². The fourth-order valence-electron chi connectivity index (χ4n) is 1.76. The molecule has 0 spiro atoms. The smallest absolute Gasteiger partial charge is 0.126 e. The molecular formula is C13H11ClFN3. The second kappa shape index (κ2) is 5.19. The summed E-state index contributed by atoms with van der Waals surface area (Å²) < 4.78 is 13.3. The van der Waals surface area contributed by atoms with Gasteiger partial charge in [-0.1, -0.05) is 18.5 Å². The summed E-state index contributed by atoms with van der Waals surface area (Å²) in [5.41, 5.74) is 1.47. The van der Waals surface area contributed by atoms with E-state index in [1.807, 2.05) is 6.92 Å². The number of pyridine rings is 1. The summed E-state index contributed by atoms with van der Waals surface area (Å²) in [4.78, 5) is 4.06. The van der Waals surface area contributed by atoms with Gasteiger partial charge in [-0.25, -0.2) is 4.39 Å². The Hall–Kier alpha value is -1.86. The molecule has 1 aromatic heterocycles. The zero-order chi connectivity index (χ0) is 13.1. The highest BCUT2D eigenvalue weighted by Gasteiger charge is 2.12. The first kappa shape index (κ1) is 12.6. The van der Waals surface area contributed by atoms with Crippen LogP contribution in [0.15, 0.2) is 18.3 Å². The van der Waals surface area contributed by atoms with E-state index in [1.165, 1.54) is 18.3 Å². The normalized spacial score (nSPS) is 10.3. The first-order valence-corrected chi connectivity index (χ1v) is 5.97. The first-order chi connectivity index (χ1) is 8.67. The number of halogens is 2. The Labute approximate surface area is 109 Å². The first-order valence-electron chi connectivity index (χ1n) is 5.59. The number of aromatic nitrogens is 1. The van der Waals surface area contributed by atoms with Crippen molar-refractivity contribution in [3.8, 4) is 6.07 Å². The van der Waals surface area contributed by atoms with Gasteiger partial charge in [-0.05, 0) is 12.5 Å². The predicted octanol–water partition coefficient (Wildman–Crippen LogP) is 3.72. The monoisotopic (exact) mass is 263 g/mol. The van der Waals surface area contributed by atoms with Crippen LogP contribution in [-0.4, -0.2) is 11.5 Å². The molecule has 1 N–H and O–H groups in total. The highest BCUT2D eigenvalue weighted by molar-refractivity contribution is 6.36. The van der Waals surface area contributed by atoms with Crippen molar-refractivity contribution in [3.63, 3.8) is 0 Å². The molecule has 0 saturated heterocycles. The zero-order valence-electron chi connectivity index (χ0n) is 9.80. The number of fused-ring (bicyclic) bond motifs is 1. The molecule has 0 amide bonds. The van der Waals surface area contributed by atoms with Gasteiger partial charge < -0.3 is 5.32 Å². The Morgan fingerprint density at radius 2 is 2.28 bits per heavy atom. The zero-order valence-corrected chi connectivity index (χ0v) is 10.6. The van der Waals surface area contributed by atoms with Crippen molar-refractivity contribution in [3.05, 3.63) is 34.7 Å². The molecule has 5 heteroatoms. The summed E-state index contributed by atoms with van der Waals surface area (Å²) in [7, 11) is 0. The lowest BCUT2D eigenvalue weighted by Crippen LogP contribution is -2.03. The van der Waals surface area contributed by atoms with E-state index >= 15 is 0 Å². The van der Waals surface area contributed by atoms with Crippen molar-refractivity contribution < 1.29 is 4.39 Å². The molecule has 0 aliphatic carbocycles. The molecule has 0 aliphatic rings. The molecule has 1 heterocycles. The van der Waals surface area contributed by atoms with E-state index in [9.17, 15) is 4.39 Å². The summed E-state index contributed by atoms with van der Waals surface area (Å²) in [6, 6.07) is 4.59. The van der Waals surface area contributed by atoms with Crippen molar-refractivity contribution in [2.45, 2.75) is 13.3 Å². The molecule has 92 valence electrons. The van der Waals surface area contributed by atoms with Crippen molar-refractivity contribution in [2.75, 3.05) is 11.9 Å². The second-order valence-electron chi connectivity index (χ2n) is 3.87. The van der Waals surface area contributed by atoms with Crippen LogP contribution >= 0.6 is 11.6 Å². The summed E-state index contributed by atoms with van der Waals surface area (Å²) in [5, 5.41) is 13.1.